The van der Waals surface area contributed by atoms with Crippen molar-refractivity contribution in [3.8, 4) is 0 Å². The maximum absolute atomic E-state index is 8.16. The van der Waals surface area contributed by atoms with E-state index in [1.54, 1.807) is 0 Å². The molecule has 0 bridgehead atoms. The van der Waals surface area contributed by atoms with E-state index in [1.165, 1.54) is 0 Å². The third-order valence-electron chi connectivity index (χ3n) is 1.60. The summed E-state index contributed by atoms with van der Waals surface area (Å²) in [6, 6.07) is 9.81. The number of hydrogen-bond acceptors (Lipinski definition) is 1. The predicted octanol–water partition coefficient (Wildman–Crippen LogP) is 3.40. The fourth-order valence-electron chi connectivity index (χ4n) is 0.934. The van der Waals surface area contributed by atoms with Crippen molar-refractivity contribution in [1.82, 2.24) is 0 Å². The van der Waals surface area contributed by atoms with Gasteiger partial charge in [-0.15, -0.1) is 0 Å². The van der Waals surface area contributed by atoms with Crippen LogP contribution >= 0.6 is 0 Å². The average Bonchev–Trinajstić information content (AvgIpc) is 2.17. The van der Waals surface area contributed by atoms with E-state index in [4.69, 9.17) is 5.53 Å². The number of benzene rings is 1. The molecule has 0 aliphatic rings. The third kappa shape index (κ3) is 3.45. The van der Waals surface area contributed by atoms with Gasteiger partial charge in [-0.3, -0.25) is 0 Å². The third-order valence-corrected chi connectivity index (χ3v) is 1.60. The van der Waals surface area contributed by atoms with Crippen LogP contribution in [0.25, 0.3) is 16.5 Å². The number of nitrogens with zero attached hydrogens (tertiary/aromatic N) is 3. The molecular formula is C10H11N3. The summed E-state index contributed by atoms with van der Waals surface area (Å²) in [5.41, 5.74) is 9.27. The van der Waals surface area contributed by atoms with Crippen LogP contribution in [-0.4, -0.2) is 6.04 Å². The topological polar surface area (TPSA) is 48.8 Å². The van der Waals surface area contributed by atoms with Crippen LogP contribution in [0.4, 0.5) is 0 Å². The second-order valence-corrected chi connectivity index (χ2v) is 2.72. The van der Waals surface area contributed by atoms with Crippen molar-refractivity contribution in [2.75, 3.05) is 0 Å². The molecule has 66 valence electrons. The van der Waals surface area contributed by atoms with Crippen molar-refractivity contribution in [3.05, 3.63) is 52.4 Å². The van der Waals surface area contributed by atoms with Gasteiger partial charge in [-0.2, -0.15) is 0 Å². The van der Waals surface area contributed by atoms with Crippen LogP contribution in [0, 0.1) is 0 Å². The summed E-state index contributed by atoms with van der Waals surface area (Å²) in [6.07, 6.45) is 3.81. The molecule has 0 aliphatic heterocycles. The smallest absolute Gasteiger partial charge is 0.0530 e. The van der Waals surface area contributed by atoms with Gasteiger partial charge >= 0.3 is 0 Å². The van der Waals surface area contributed by atoms with Crippen molar-refractivity contribution in [1.29, 1.82) is 0 Å². The van der Waals surface area contributed by atoms with Gasteiger partial charge < -0.3 is 0 Å². The Balaban J connectivity index is 2.63. The van der Waals surface area contributed by atoms with E-state index in [9.17, 15) is 0 Å². The first kappa shape index (κ1) is 9.36. The zero-order valence-corrected chi connectivity index (χ0v) is 7.46. The maximum Gasteiger partial charge on any atom is 0.0530 e. The second-order valence-electron chi connectivity index (χ2n) is 2.72. The molecule has 0 saturated carbocycles. The Morgan fingerprint density at radius 3 is 2.69 bits per heavy atom. The summed E-state index contributed by atoms with van der Waals surface area (Å²) in [4.78, 5) is 2.72. The fraction of sp³-hybridized carbons (Fsp3) is 0.200. The van der Waals surface area contributed by atoms with Crippen LogP contribution in [0.2, 0.25) is 0 Å². The zero-order chi connectivity index (χ0) is 9.52. The lowest BCUT2D eigenvalue weighted by Crippen LogP contribution is -1.87. The summed E-state index contributed by atoms with van der Waals surface area (Å²) < 4.78 is 0. The molecule has 1 rings (SSSR count). The molecule has 0 fully saturated rings. The summed E-state index contributed by atoms with van der Waals surface area (Å²) in [5, 5.41) is 3.53. The van der Waals surface area contributed by atoms with Gasteiger partial charge in [0, 0.05) is 4.91 Å². The van der Waals surface area contributed by atoms with Gasteiger partial charge in [0.05, 0.1) is 6.04 Å². The Morgan fingerprint density at radius 2 is 2.08 bits per heavy atom. The molecule has 1 atom stereocenters. The highest BCUT2D eigenvalue weighted by molar-refractivity contribution is 5.49. The Labute approximate surface area is 77.3 Å². The summed E-state index contributed by atoms with van der Waals surface area (Å²) >= 11 is 0. The van der Waals surface area contributed by atoms with Gasteiger partial charge in [0.1, 0.15) is 0 Å². The standard InChI is InChI=1S/C10H11N3/c1-9(12-13-11)7-8-10-5-3-2-4-6-10/h2-9H,1H3/b8-7+/t9-/m0/s1. The van der Waals surface area contributed by atoms with Gasteiger partial charge in [-0.25, -0.2) is 0 Å². The molecule has 0 saturated heterocycles. The van der Waals surface area contributed by atoms with E-state index in [0.29, 0.717) is 0 Å². The SMILES string of the molecule is C[C@@H](/C=C/c1ccccc1)N=[N+]=[N-]. The van der Waals surface area contributed by atoms with Crippen LogP contribution in [0.15, 0.2) is 41.5 Å². The summed E-state index contributed by atoms with van der Waals surface area (Å²) in [7, 11) is 0. The van der Waals surface area contributed by atoms with Crippen LogP contribution in [0.3, 0.4) is 0 Å². The predicted molar refractivity (Wildman–Crippen MR) is 54.1 cm³/mol. The fourth-order valence-corrected chi connectivity index (χ4v) is 0.934. The Morgan fingerprint density at radius 1 is 1.38 bits per heavy atom. The Bertz CT molecular complexity index is 323. The molecule has 3 nitrogen and oxygen atoms in total. The second kappa shape index (κ2) is 5.01. The molecule has 0 radical (unpaired) electrons. The summed E-state index contributed by atoms with van der Waals surface area (Å²) in [6.45, 7) is 1.85. The molecule has 0 heterocycles. The van der Waals surface area contributed by atoms with Crippen molar-refractivity contribution < 1.29 is 0 Å². The van der Waals surface area contributed by atoms with Crippen LogP contribution in [0.1, 0.15) is 12.5 Å². The molecule has 0 amide bonds. The van der Waals surface area contributed by atoms with Crippen LogP contribution < -0.4 is 0 Å². The molecule has 13 heavy (non-hydrogen) atoms. The zero-order valence-electron chi connectivity index (χ0n) is 7.46. The van der Waals surface area contributed by atoms with Crippen molar-refractivity contribution in [2.45, 2.75) is 13.0 Å². The molecule has 0 spiro atoms. The van der Waals surface area contributed by atoms with Gasteiger partial charge in [0.25, 0.3) is 0 Å². The highest BCUT2D eigenvalue weighted by Gasteiger charge is 1.89. The molecule has 1 aromatic rings. The molecule has 3 heteroatoms. The van der Waals surface area contributed by atoms with E-state index in [0.717, 1.165) is 5.56 Å². The van der Waals surface area contributed by atoms with E-state index < -0.39 is 0 Å². The van der Waals surface area contributed by atoms with E-state index in [2.05, 4.69) is 10.0 Å². The lowest BCUT2D eigenvalue weighted by Gasteiger charge is -1.94. The van der Waals surface area contributed by atoms with Gasteiger partial charge in [0.2, 0.25) is 0 Å². The van der Waals surface area contributed by atoms with Gasteiger partial charge in [-0.05, 0) is 11.1 Å². The molecule has 0 aliphatic carbocycles. The first-order valence-electron chi connectivity index (χ1n) is 4.10. The highest BCUT2D eigenvalue weighted by Crippen LogP contribution is 2.03. The number of hydrogen-bond donors (Lipinski definition) is 0. The van der Waals surface area contributed by atoms with Crippen molar-refractivity contribution in [2.24, 2.45) is 5.11 Å². The first-order valence-corrected chi connectivity index (χ1v) is 4.10. The van der Waals surface area contributed by atoms with Crippen molar-refractivity contribution in [3.63, 3.8) is 0 Å². The van der Waals surface area contributed by atoms with Crippen LogP contribution in [-0.2, 0) is 0 Å². The van der Waals surface area contributed by atoms with E-state index in [1.807, 2.05) is 49.4 Å². The molecular weight excluding hydrogens is 162 g/mol. The molecule has 0 N–H and O–H groups in total. The molecule has 0 unspecified atom stereocenters. The summed E-state index contributed by atoms with van der Waals surface area (Å²) in [5.74, 6) is 0. The Kier molecular flexibility index (Phi) is 3.61. The van der Waals surface area contributed by atoms with E-state index >= 15 is 0 Å². The minimum atomic E-state index is -0.0924. The average molecular weight is 173 g/mol. The maximum atomic E-state index is 8.16. The van der Waals surface area contributed by atoms with Gasteiger partial charge in [-0.1, -0.05) is 54.5 Å². The first-order chi connectivity index (χ1) is 6.33. The minimum Gasteiger partial charge on any atom is -0.0868 e. The number of rotatable bonds is 3. The van der Waals surface area contributed by atoms with Gasteiger partial charge in [0.15, 0.2) is 0 Å². The van der Waals surface area contributed by atoms with Crippen LogP contribution in [0.5, 0.6) is 0 Å². The molecule has 0 aromatic heterocycles. The molecule has 1 aromatic carbocycles. The lowest BCUT2D eigenvalue weighted by atomic mass is 10.2. The van der Waals surface area contributed by atoms with Crippen molar-refractivity contribution >= 4 is 6.08 Å². The Hall–Kier alpha value is -1.73. The number of azide groups is 1. The highest BCUT2D eigenvalue weighted by atomic mass is 15.1. The normalized spacial score (nSPS) is 12.4. The lowest BCUT2D eigenvalue weighted by molar-refractivity contribution is 0.915. The largest absolute Gasteiger partial charge is 0.0868 e. The minimum absolute atomic E-state index is 0.0924. The quantitative estimate of drug-likeness (QED) is 0.382. The van der Waals surface area contributed by atoms with E-state index in [-0.39, 0.29) is 6.04 Å². The monoisotopic (exact) mass is 173 g/mol.